The molecule has 1 aliphatic heterocycles. The van der Waals surface area contributed by atoms with E-state index in [1.807, 2.05) is 31.2 Å². The van der Waals surface area contributed by atoms with E-state index in [0.29, 0.717) is 35.5 Å². The van der Waals surface area contributed by atoms with Crippen LogP contribution in [0.5, 0.6) is 0 Å². The number of nitrogens with zero attached hydrogens (tertiary/aromatic N) is 1. The van der Waals surface area contributed by atoms with E-state index in [0.717, 1.165) is 22.8 Å². The minimum absolute atomic E-state index is 0.273. The smallest absolute Gasteiger partial charge is 0.272 e. The molecule has 0 radical (unpaired) electrons. The minimum atomic E-state index is -0.459. The highest BCUT2D eigenvalue weighted by Crippen LogP contribution is 2.24. The van der Waals surface area contributed by atoms with Gasteiger partial charge in [0.1, 0.15) is 12.0 Å². The van der Waals surface area contributed by atoms with E-state index >= 15 is 0 Å². The fourth-order valence-corrected chi connectivity index (χ4v) is 4.12. The van der Waals surface area contributed by atoms with Crippen LogP contribution in [0.1, 0.15) is 44.8 Å². The minimum Gasteiger partial charge on any atom is -0.350 e. The molecule has 0 aliphatic carbocycles. The molecule has 0 bridgehead atoms. The van der Waals surface area contributed by atoms with Gasteiger partial charge in [0.2, 0.25) is 11.8 Å². The number of anilines is 1. The molecular formula is C24H24N4O4. The number of H-pyrrole nitrogens is 1. The number of amides is 3. The number of para-hydroxylation sites is 1. The number of imide groups is 1. The highest BCUT2D eigenvalue weighted by molar-refractivity contribution is 6.08. The lowest BCUT2D eigenvalue weighted by Crippen LogP contribution is -2.51. The number of fused-ring (bicyclic) bond motifs is 1. The molecule has 3 amide bonds. The second-order valence-electron chi connectivity index (χ2n) is 8.04. The van der Waals surface area contributed by atoms with Gasteiger partial charge in [-0.15, -0.1) is 0 Å². The van der Waals surface area contributed by atoms with Crippen LogP contribution in [0.2, 0.25) is 0 Å². The number of likely N-dealkylation sites (N-methyl/N-ethyl adjacent to an activating group) is 1. The van der Waals surface area contributed by atoms with Gasteiger partial charge >= 0.3 is 0 Å². The van der Waals surface area contributed by atoms with Crippen molar-refractivity contribution in [2.75, 3.05) is 12.4 Å². The van der Waals surface area contributed by atoms with Gasteiger partial charge in [-0.2, -0.15) is 0 Å². The number of piperidine rings is 1. The Morgan fingerprint density at radius 1 is 1.22 bits per heavy atom. The van der Waals surface area contributed by atoms with Gasteiger partial charge in [-0.05, 0) is 55.8 Å². The molecule has 164 valence electrons. The topological polar surface area (TPSA) is 111 Å². The summed E-state index contributed by atoms with van der Waals surface area (Å²) in [7, 11) is 1.77. The maximum Gasteiger partial charge on any atom is 0.272 e. The third-order valence-electron chi connectivity index (χ3n) is 5.88. The molecule has 0 spiro atoms. The van der Waals surface area contributed by atoms with Crippen LogP contribution in [-0.2, 0) is 16.1 Å². The summed E-state index contributed by atoms with van der Waals surface area (Å²) in [5.41, 5.74) is 3.93. The summed E-state index contributed by atoms with van der Waals surface area (Å²) < 4.78 is 0. The highest BCUT2D eigenvalue weighted by atomic mass is 16.2. The van der Waals surface area contributed by atoms with Gasteiger partial charge in [-0.1, -0.05) is 18.2 Å². The Morgan fingerprint density at radius 3 is 2.72 bits per heavy atom. The van der Waals surface area contributed by atoms with E-state index in [1.54, 1.807) is 30.1 Å². The fraction of sp³-hybridized carbons (Fsp3) is 0.250. The standard InChI is InChI=1S/C24H24N4O4/c1-14-18-5-3-4-6-19(18)26-22(14)24(32)25-17-8-7-15(13-29)16(11-17)12-28(2)20-9-10-21(30)27-23(20)31/h3-8,11,13,20,26H,9-10,12H2,1-2H3,(H,25,32)(H,27,30,31). The average Bonchev–Trinajstić information content (AvgIpc) is 3.11. The lowest BCUT2D eigenvalue weighted by Gasteiger charge is -2.30. The lowest BCUT2D eigenvalue weighted by molar-refractivity contribution is -0.137. The molecule has 1 atom stereocenters. The molecule has 3 aromatic rings. The number of aromatic nitrogens is 1. The van der Waals surface area contributed by atoms with Crippen molar-refractivity contribution in [1.29, 1.82) is 0 Å². The van der Waals surface area contributed by atoms with Crippen LogP contribution in [0.25, 0.3) is 10.9 Å². The largest absolute Gasteiger partial charge is 0.350 e. The van der Waals surface area contributed by atoms with Crippen LogP contribution in [-0.4, -0.2) is 47.0 Å². The number of hydrogen-bond donors (Lipinski definition) is 3. The van der Waals surface area contributed by atoms with Crippen molar-refractivity contribution in [2.24, 2.45) is 0 Å². The summed E-state index contributed by atoms with van der Waals surface area (Å²) in [6, 6.07) is 12.3. The normalized spacial score (nSPS) is 16.3. The molecule has 2 aromatic carbocycles. The molecule has 0 saturated carbocycles. The number of nitrogens with one attached hydrogen (secondary N) is 3. The van der Waals surface area contributed by atoms with Crippen molar-refractivity contribution < 1.29 is 19.2 Å². The van der Waals surface area contributed by atoms with Crippen molar-refractivity contribution >= 4 is 40.6 Å². The maximum absolute atomic E-state index is 12.9. The molecule has 1 unspecified atom stereocenters. The summed E-state index contributed by atoms with van der Waals surface area (Å²) in [5.74, 6) is -0.887. The Bertz CT molecular complexity index is 1230. The molecule has 8 heteroatoms. The van der Waals surface area contributed by atoms with Crippen LogP contribution in [0.15, 0.2) is 42.5 Å². The van der Waals surface area contributed by atoms with Crippen LogP contribution in [0.4, 0.5) is 5.69 Å². The van der Waals surface area contributed by atoms with Crippen LogP contribution >= 0.6 is 0 Å². The molecule has 2 heterocycles. The number of carbonyl (C=O) groups excluding carboxylic acids is 4. The van der Waals surface area contributed by atoms with Gasteiger partial charge in [-0.25, -0.2) is 0 Å². The average molecular weight is 432 g/mol. The summed E-state index contributed by atoms with van der Waals surface area (Å²) in [6.07, 6.45) is 1.45. The molecule has 3 N–H and O–H groups in total. The van der Waals surface area contributed by atoms with Crippen molar-refractivity contribution in [3.63, 3.8) is 0 Å². The number of aromatic amines is 1. The van der Waals surface area contributed by atoms with Crippen LogP contribution < -0.4 is 10.6 Å². The molecule has 4 rings (SSSR count). The summed E-state index contributed by atoms with van der Waals surface area (Å²) in [5, 5.41) is 6.22. The number of aryl methyl sites for hydroxylation is 1. The summed E-state index contributed by atoms with van der Waals surface area (Å²) in [4.78, 5) is 53.0. The Kier molecular flexibility index (Phi) is 5.87. The van der Waals surface area contributed by atoms with E-state index in [-0.39, 0.29) is 24.1 Å². The fourth-order valence-electron chi connectivity index (χ4n) is 4.12. The monoisotopic (exact) mass is 432 g/mol. The van der Waals surface area contributed by atoms with Gasteiger partial charge in [0, 0.05) is 35.1 Å². The van der Waals surface area contributed by atoms with Gasteiger partial charge in [0.15, 0.2) is 0 Å². The molecule has 8 nitrogen and oxygen atoms in total. The molecular weight excluding hydrogens is 408 g/mol. The van der Waals surface area contributed by atoms with E-state index in [4.69, 9.17) is 0 Å². The second-order valence-corrected chi connectivity index (χ2v) is 8.04. The number of benzene rings is 2. The maximum atomic E-state index is 12.9. The molecule has 1 fully saturated rings. The van der Waals surface area contributed by atoms with E-state index < -0.39 is 6.04 Å². The number of hydrogen-bond acceptors (Lipinski definition) is 5. The molecule has 1 aromatic heterocycles. The van der Waals surface area contributed by atoms with E-state index in [2.05, 4.69) is 15.6 Å². The van der Waals surface area contributed by atoms with Crippen LogP contribution in [0, 0.1) is 6.92 Å². The van der Waals surface area contributed by atoms with Gasteiger partial charge < -0.3 is 10.3 Å². The van der Waals surface area contributed by atoms with Gasteiger partial charge in [-0.3, -0.25) is 29.4 Å². The highest BCUT2D eigenvalue weighted by Gasteiger charge is 2.30. The third kappa shape index (κ3) is 4.17. The first-order chi connectivity index (χ1) is 15.4. The van der Waals surface area contributed by atoms with E-state index in [1.165, 1.54) is 0 Å². The SMILES string of the molecule is Cc1c(C(=O)Nc2ccc(C=O)c(CN(C)C3CCC(=O)NC3=O)c2)[nH]c2ccccc12. The predicted octanol–water partition coefficient (Wildman–Crippen LogP) is 2.78. The number of carbonyl (C=O) groups is 4. The molecule has 1 saturated heterocycles. The lowest BCUT2D eigenvalue weighted by atomic mass is 10.0. The quantitative estimate of drug-likeness (QED) is 0.410. The Labute approximate surface area is 185 Å². The zero-order valence-electron chi connectivity index (χ0n) is 17.9. The summed E-state index contributed by atoms with van der Waals surface area (Å²) in [6.45, 7) is 2.21. The zero-order valence-corrected chi connectivity index (χ0v) is 17.9. The number of rotatable bonds is 6. The van der Waals surface area contributed by atoms with Gasteiger partial charge in [0.25, 0.3) is 5.91 Å². The van der Waals surface area contributed by atoms with Gasteiger partial charge in [0.05, 0.1) is 6.04 Å². The zero-order chi connectivity index (χ0) is 22.8. The first kappa shape index (κ1) is 21.5. The van der Waals surface area contributed by atoms with Crippen molar-refractivity contribution in [1.82, 2.24) is 15.2 Å². The molecule has 1 aliphatic rings. The van der Waals surface area contributed by atoms with Crippen molar-refractivity contribution in [3.8, 4) is 0 Å². The second kappa shape index (κ2) is 8.76. The summed E-state index contributed by atoms with van der Waals surface area (Å²) >= 11 is 0. The first-order valence-electron chi connectivity index (χ1n) is 10.4. The Balaban J connectivity index is 1.54. The van der Waals surface area contributed by atoms with Crippen molar-refractivity contribution in [3.05, 3.63) is 64.8 Å². The predicted molar refractivity (Wildman–Crippen MR) is 120 cm³/mol. The third-order valence-corrected chi connectivity index (χ3v) is 5.88. The van der Waals surface area contributed by atoms with Crippen molar-refractivity contribution in [2.45, 2.75) is 32.4 Å². The van der Waals surface area contributed by atoms with Crippen LogP contribution in [0.3, 0.4) is 0 Å². The Hall–Kier alpha value is -3.78. The van der Waals surface area contributed by atoms with E-state index in [9.17, 15) is 19.2 Å². The number of aldehydes is 1. The molecule has 32 heavy (non-hydrogen) atoms. The Morgan fingerprint density at radius 2 is 2.00 bits per heavy atom. The first-order valence-corrected chi connectivity index (χ1v) is 10.4.